The van der Waals surface area contributed by atoms with Crippen LogP contribution in [0.25, 0.3) is 0 Å². The van der Waals surface area contributed by atoms with Crippen LogP contribution in [-0.2, 0) is 9.59 Å². The highest BCUT2D eigenvalue weighted by molar-refractivity contribution is 5.89. The molecule has 1 fully saturated rings. The zero-order valence-corrected chi connectivity index (χ0v) is 12.5. The lowest BCUT2D eigenvalue weighted by Gasteiger charge is -2.36. The third-order valence-corrected chi connectivity index (χ3v) is 3.90. The lowest BCUT2D eigenvalue weighted by atomic mass is 9.93. The average Bonchev–Trinajstić information content (AvgIpc) is 2.82. The molecule has 0 saturated carbocycles. The minimum atomic E-state index is -1.13. The lowest BCUT2D eigenvalue weighted by molar-refractivity contribution is -0.148. The predicted molar refractivity (Wildman–Crippen MR) is 73.3 cm³/mol. The summed E-state index contributed by atoms with van der Waals surface area (Å²) in [6, 6.07) is -0.401. The van der Waals surface area contributed by atoms with E-state index in [0.717, 1.165) is 0 Å². The monoisotopic (exact) mass is 285 g/mol. The summed E-state index contributed by atoms with van der Waals surface area (Å²) < 4.78 is 0. The van der Waals surface area contributed by atoms with Crippen molar-refractivity contribution in [2.45, 2.75) is 31.7 Å². The molecule has 0 aromatic rings. The van der Waals surface area contributed by atoms with Gasteiger partial charge in [0.15, 0.2) is 0 Å². The molecular formula is C13H23N3O4. The fourth-order valence-electron chi connectivity index (χ4n) is 2.52. The van der Waals surface area contributed by atoms with E-state index in [2.05, 4.69) is 0 Å². The first-order valence-corrected chi connectivity index (χ1v) is 6.72. The van der Waals surface area contributed by atoms with E-state index in [4.69, 9.17) is 0 Å². The molecule has 1 heterocycles. The minimum absolute atomic E-state index is 0.0538. The first-order valence-electron chi connectivity index (χ1n) is 6.72. The number of hydrogen-bond donors (Lipinski definition) is 1. The highest BCUT2D eigenvalue weighted by Gasteiger charge is 2.49. The molecule has 0 radical (unpaired) electrons. The second-order valence-electron chi connectivity index (χ2n) is 5.37. The Kier molecular flexibility index (Phi) is 4.97. The highest BCUT2D eigenvalue weighted by Crippen LogP contribution is 2.33. The molecule has 1 unspecified atom stereocenters. The van der Waals surface area contributed by atoms with E-state index in [9.17, 15) is 19.5 Å². The quantitative estimate of drug-likeness (QED) is 0.813. The number of carbonyl (C=O) groups excluding carboxylic acids is 2. The molecular weight excluding hydrogens is 262 g/mol. The Balaban J connectivity index is 2.85. The molecule has 1 aliphatic heterocycles. The second kappa shape index (κ2) is 6.11. The number of hydrogen-bond acceptors (Lipinski definition) is 3. The van der Waals surface area contributed by atoms with Crippen LogP contribution in [0.4, 0.5) is 4.79 Å². The van der Waals surface area contributed by atoms with Crippen molar-refractivity contribution in [2.75, 3.05) is 34.2 Å². The molecule has 0 aromatic heterocycles. The molecule has 1 atom stereocenters. The van der Waals surface area contributed by atoms with Crippen molar-refractivity contribution in [3.63, 3.8) is 0 Å². The van der Waals surface area contributed by atoms with E-state index >= 15 is 0 Å². The summed E-state index contributed by atoms with van der Waals surface area (Å²) in [5, 5.41) is 9.45. The average molecular weight is 285 g/mol. The Morgan fingerprint density at radius 1 is 1.25 bits per heavy atom. The van der Waals surface area contributed by atoms with Gasteiger partial charge in [-0.15, -0.1) is 0 Å². The largest absolute Gasteiger partial charge is 0.479 e. The molecule has 7 heteroatoms. The maximum atomic E-state index is 12.4. The van der Waals surface area contributed by atoms with Gasteiger partial charge in [-0.25, -0.2) is 9.59 Å². The standard InChI is InChI=1S/C13H23N3O4/c1-5-13(11(18)19)7-6-8-16(13)12(20)15(4)9-10(17)14(2)3/h5-9H2,1-4H3,(H,18,19). The van der Waals surface area contributed by atoms with Gasteiger partial charge in [-0.05, 0) is 19.3 Å². The molecule has 1 saturated heterocycles. The number of likely N-dealkylation sites (tertiary alicyclic amines) is 1. The summed E-state index contributed by atoms with van der Waals surface area (Å²) in [5.74, 6) is -1.17. The van der Waals surface area contributed by atoms with E-state index in [1.54, 1.807) is 21.0 Å². The molecule has 3 amide bonds. The topological polar surface area (TPSA) is 81.2 Å². The van der Waals surface area contributed by atoms with Crippen molar-refractivity contribution in [3.8, 4) is 0 Å². The molecule has 1 N–H and O–H groups in total. The number of carbonyl (C=O) groups is 3. The van der Waals surface area contributed by atoms with Gasteiger partial charge in [0.05, 0.1) is 0 Å². The SMILES string of the molecule is CCC1(C(=O)O)CCCN1C(=O)N(C)CC(=O)N(C)C. The van der Waals surface area contributed by atoms with Crippen LogP contribution in [0.3, 0.4) is 0 Å². The lowest BCUT2D eigenvalue weighted by Crippen LogP contribution is -2.56. The number of nitrogens with zero attached hydrogens (tertiary/aromatic N) is 3. The Labute approximate surface area is 119 Å². The molecule has 0 aromatic carbocycles. The molecule has 0 bridgehead atoms. The number of amides is 3. The fourth-order valence-corrected chi connectivity index (χ4v) is 2.52. The number of carboxylic acid groups (broad SMARTS) is 1. The Morgan fingerprint density at radius 3 is 2.30 bits per heavy atom. The van der Waals surface area contributed by atoms with E-state index in [0.29, 0.717) is 25.8 Å². The van der Waals surface area contributed by atoms with Gasteiger partial charge in [0.25, 0.3) is 0 Å². The first kappa shape index (κ1) is 16.3. The van der Waals surface area contributed by atoms with Crippen molar-refractivity contribution < 1.29 is 19.5 Å². The van der Waals surface area contributed by atoms with Crippen molar-refractivity contribution in [1.82, 2.24) is 14.7 Å². The predicted octanol–water partition coefficient (Wildman–Crippen LogP) is 0.456. The highest BCUT2D eigenvalue weighted by atomic mass is 16.4. The number of likely N-dealkylation sites (N-methyl/N-ethyl adjacent to an activating group) is 2. The Morgan fingerprint density at radius 2 is 1.85 bits per heavy atom. The van der Waals surface area contributed by atoms with Crippen LogP contribution in [0.15, 0.2) is 0 Å². The van der Waals surface area contributed by atoms with Gasteiger partial charge in [0.2, 0.25) is 5.91 Å². The normalized spacial score (nSPS) is 21.7. The van der Waals surface area contributed by atoms with E-state index in [-0.39, 0.29) is 12.5 Å². The van der Waals surface area contributed by atoms with Crippen LogP contribution < -0.4 is 0 Å². The van der Waals surface area contributed by atoms with Crippen LogP contribution in [0, 0.1) is 0 Å². The zero-order chi connectivity index (χ0) is 15.5. The van der Waals surface area contributed by atoms with Crippen molar-refractivity contribution in [1.29, 1.82) is 0 Å². The van der Waals surface area contributed by atoms with E-state index < -0.39 is 17.5 Å². The van der Waals surface area contributed by atoms with Crippen LogP contribution in [0.2, 0.25) is 0 Å². The fraction of sp³-hybridized carbons (Fsp3) is 0.769. The summed E-state index contributed by atoms with van der Waals surface area (Å²) >= 11 is 0. The van der Waals surface area contributed by atoms with Crippen LogP contribution in [0.1, 0.15) is 26.2 Å². The summed E-state index contributed by atoms with van der Waals surface area (Å²) in [5.41, 5.74) is -1.13. The molecule has 114 valence electrons. The van der Waals surface area contributed by atoms with Gasteiger partial charge in [0, 0.05) is 27.7 Å². The van der Waals surface area contributed by atoms with Crippen molar-refractivity contribution in [3.05, 3.63) is 0 Å². The molecule has 0 spiro atoms. The first-order chi connectivity index (χ1) is 9.26. The zero-order valence-electron chi connectivity index (χ0n) is 12.5. The van der Waals surface area contributed by atoms with Gasteiger partial charge >= 0.3 is 12.0 Å². The molecule has 20 heavy (non-hydrogen) atoms. The molecule has 1 aliphatic rings. The number of aliphatic carboxylic acids is 1. The van der Waals surface area contributed by atoms with Crippen LogP contribution >= 0.6 is 0 Å². The Bertz CT molecular complexity index is 410. The minimum Gasteiger partial charge on any atom is -0.479 e. The maximum Gasteiger partial charge on any atom is 0.329 e. The maximum absolute atomic E-state index is 12.4. The van der Waals surface area contributed by atoms with Gasteiger partial charge in [-0.3, -0.25) is 4.79 Å². The number of urea groups is 1. The van der Waals surface area contributed by atoms with E-state index in [1.165, 1.54) is 21.7 Å². The van der Waals surface area contributed by atoms with Crippen LogP contribution in [0.5, 0.6) is 0 Å². The summed E-state index contributed by atoms with van der Waals surface area (Å²) in [7, 11) is 4.75. The van der Waals surface area contributed by atoms with Gasteiger partial charge in [-0.2, -0.15) is 0 Å². The number of rotatable bonds is 4. The van der Waals surface area contributed by atoms with Gasteiger partial charge in [0.1, 0.15) is 12.1 Å². The molecule has 7 nitrogen and oxygen atoms in total. The van der Waals surface area contributed by atoms with Gasteiger partial charge < -0.3 is 19.8 Å². The summed E-state index contributed by atoms with van der Waals surface area (Å²) in [6.07, 6.45) is 1.49. The number of carboxylic acids is 1. The third kappa shape index (κ3) is 2.86. The summed E-state index contributed by atoms with van der Waals surface area (Å²) in [4.78, 5) is 39.6. The van der Waals surface area contributed by atoms with E-state index in [1.807, 2.05) is 0 Å². The third-order valence-electron chi connectivity index (χ3n) is 3.90. The second-order valence-corrected chi connectivity index (χ2v) is 5.37. The molecule has 0 aliphatic carbocycles. The van der Waals surface area contributed by atoms with Gasteiger partial charge in [-0.1, -0.05) is 6.92 Å². The van der Waals surface area contributed by atoms with Crippen molar-refractivity contribution >= 4 is 17.9 Å². The van der Waals surface area contributed by atoms with Crippen molar-refractivity contribution in [2.24, 2.45) is 0 Å². The van der Waals surface area contributed by atoms with Crippen LogP contribution in [-0.4, -0.2) is 77.5 Å². The smallest absolute Gasteiger partial charge is 0.329 e. The summed E-state index contributed by atoms with van der Waals surface area (Å²) in [6.45, 7) is 2.13. The Hall–Kier alpha value is -1.79. The molecule has 1 rings (SSSR count).